The Morgan fingerprint density at radius 3 is 2.50 bits per heavy atom. The molecule has 1 aliphatic carbocycles. The molecule has 2 fully saturated rings. The topological polar surface area (TPSA) is 111 Å². The summed E-state index contributed by atoms with van der Waals surface area (Å²) in [5.74, 6) is -0.861. The molecule has 0 aromatic carbocycles. The van der Waals surface area contributed by atoms with Crippen molar-refractivity contribution in [3.63, 3.8) is 0 Å². The summed E-state index contributed by atoms with van der Waals surface area (Å²) in [6.45, 7) is 8.46. The number of amides is 2. The van der Waals surface area contributed by atoms with Gasteiger partial charge in [-0.05, 0) is 51.5 Å². The zero-order chi connectivity index (χ0) is 23.2. The number of hydrogen-bond acceptors (Lipinski definition) is 4. The van der Waals surface area contributed by atoms with Crippen molar-refractivity contribution < 1.29 is 19.3 Å². The molecule has 0 radical (unpaired) electrons. The molecule has 2 aromatic rings. The maximum Gasteiger partial charge on any atom is 0.378 e. The molecule has 2 aliphatic rings. The van der Waals surface area contributed by atoms with E-state index in [1.165, 1.54) is 10.6 Å². The highest BCUT2D eigenvalue weighted by molar-refractivity contribution is 5.96. The average Bonchev–Trinajstić information content (AvgIpc) is 3.32. The van der Waals surface area contributed by atoms with Gasteiger partial charge in [0.15, 0.2) is 0 Å². The number of nitrogens with zero attached hydrogens (tertiary/aromatic N) is 3. The Kier molecular flexibility index (Phi) is 5.83. The highest BCUT2D eigenvalue weighted by Gasteiger charge is 2.34. The van der Waals surface area contributed by atoms with E-state index in [-0.39, 0.29) is 41.4 Å². The Morgan fingerprint density at radius 2 is 1.91 bits per heavy atom. The Hall–Kier alpha value is -3.10. The molecule has 0 bridgehead atoms. The molecule has 1 saturated heterocycles. The zero-order valence-corrected chi connectivity index (χ0v) is 19.1. The van der Waals surface area contributed by atoms with Crippen LogP contribution in [0.5, 0.6) is 5.88 Å². The van der Waals surface area contributed by atoms with E-state index in [2.05, 4.69) is 10.4 Å². The van der Waals surface area contributed by atoms with Crippen molar-refractivity contribution in [2.24, 2.45) is 5.92 Å². The molecule has 0 spiro atoms. The number of fused-ring (bicyclic) bond motifs is 1. The van der Waals surface area contributed by atoms with Crippen molar-refractivity contribution in [3.05, 3.63) is 33.8 Å². The molecule has 0 unspecified atom stereocenters. The van der Waals surface area contributed by atoms with Crippen molar-refractivity contribution >= 4 is 23.5 Å². The number of aromatic hydroxyl groups is 1. The maximum atomic E-state index is 13.1. The molecule has 1 saturated carbocycles. The maximum absolute atomic E-state index is 13.1. The van der Waals surface area contributed by atoms with Crippen LogP contribution in [0.25, 0.3) is 11.7 Å². The first-order chi connectivity index (χ1) is 15.2. The standard InChI is InChI=1S/C23H31N5O4/c1-13(2)12-26-21-16(7-10-18(29)27-14(3)5-6-15(27)4)11-24-28(21)23(32)19(22(26)31)20(30)25-17-8-9-17/h7,10-11,13-15,17H,5-6,8-9,12H2,1-4H3,(H2,25,30,31,32)/p+1/b10-7+/t14-,15+. The summed E-state index contributed by atoms with van der Waals surface area (Å²) in [6, 6.07) is 0.439. The summed E-state index contributed by atoms with van der Waals surface area (Å²) >= 11 is 0. The molecule has 3 N–H and O–H groups in total. The van der Waals surface area contributed by atoms with Crippen molar-refractivity contribution in [3.8, 4) is 5.88 Å². The number of nitrogens with one attached hydrogen (secondary N) is 2. The number of carbonyl (C=O) groups excluding carboxylic acids is 2. The average molecular weight is 443 g/mol. The number of H-pyrrole nitrogens is 1. The van der Waals surface area contributed by atoms with Gasteiger partial charge in [-0.1, -0.05) is 18.4 Å². The molecular weight excluding hydrogens is 410 g/mol. The van der Waals surface area contributed by atoms with Crippen LogP contribution >= 0.6 is 0 Å². The van der Waals surface area contributed by atoms with Gasteiger partial charge >= 0.3 is 17.1 Å². The lowest BCUT2D eigenvalue weighted by Crippen LogP contribution is -2.46. The van der Waals surface area contributed by atoms with Crippen LogP contribution in [0.15, 0.2) is 17.1 Å². The van der Waals surface area contributed by atoms with E-state index >= 15 is 0 Å². The van der Waals surface area contributed by atoms with Crippen LogP contribution in [-0.4, -0.2) is 49.6 Å². The molecule has 2 aromatic heterocycles. The van der Waals surface area contributed by atoms with Gasteiger partial charge in [-0.25, -0.2) is 9.89 Å². The Morgan fingerprint density at radius 1 is 1.25 bits per heavy atom. The predicted octanol–water partition coefficient (Wildman–Crippen LogP) is 1.58. The third-order valence-electron chi connectivity index (χ3n) is 6.27. The summed E-state index contributed by atoms with van der Waals surface area (Å²) in [6.07, 6.45) is 8.50. The van der Waals surface area contributed by atoms with Gasteiger partial charge in [0.1, 0.15) is 0 Å². The Bertz CT molecular complexity index is 1130. The fourth-order valence-electron chi connectivity index (χ4n) is 4.48. The lowest BCUT2D eigenvalue weighted by Gasteiger charge is -2.24. The first-order valence-electron chi connectivity index (χ1n) is 11.4. The van der Waals surface area contributed by atoms with Gasteiger partial charge in [0.2, 0.25) is 11.5 Å². The van der Waals surface area contributed by atoms with Crippen LogP contribution in [0.2, 0.25) is 0 Å². The van der Waals surface area contributed by atoms with E-state index in [4.69, 9.17) is 0 Å². The molecule has 172 valence electrons. The summed E-state index contributed by atoms with van der Waals surface area (Å²) < 4.78 is 2.82. The zero-order valence-electron chi connectivity index (χ0n) is 19.1. The monoisotopic (exact) mass is 442 g/mol. The minimum absolute atomic E-state index is 0.0593. The van der Waals surface area contributed by atoms with Crippen LogP contribution in [0.1, 0.15) is 69.3 Å². The molecule has 1 aliphatic heterocycles. The third kappa shape index (κ3) is 4.03. The highest BCUT2D eigenvalue weighted by Crippen LogP contribution is 2.24. The Labute approximate surface area is 186 Å². The summed E-state index contributed by atoms with van der Waals surface area (Å²) in [5.41, 5.74) is 0.0995. The second kappa shape index (κ2) is 8.44. The van der Waals surface area contributed by atoms with Crippen LogP contribution < -0.4 is 15.4 Å². The molecule has 3 heterocycles. The minimum atomic E-state index is -0.622. The second-order valence-corrected chi connectivity index (χ2v) is 9.50. The van der Waals surface area contributed by atoms with Gasteiger partial charge in [0.05, 0.1) is 18.3 Å². The normalized spacial score (nSPS) is 21.2. The van der Waals surface area contributed by atoms with Gasteiger partial charge in [-0.3, -0.25) is 9.59 Å². The summed E-state index contributed by atoms with van der Waals surface area (Å²) in [7, 11) is 0. The molecular formula is C23H32N5O4+. The smallest absolute Gasteiger partial charge is 0.378 e. The van der Waals surface area contributed by atoms with E-state index in [0.29, 0.717) is 17.8 Å². The first-order valence-corrected chi connectivity index (χ1v) is 11.4. The van der Waals surface area contributed by atoms with E-state index < -0.39 is 11.5 Å². The summed E-state index contributed by atoms with van der Waals surface area (Å²) in [5, 5.41) is 16.6. The van der Waals surface area contributed by atoms with Crippen molar-refractivity contribution in [2.75, 3.05) is 0 Å². The van der Waals surface area contributed by atoms with E-state index in [9.17, 15) is 19.5 Å². The van der Waals surface area contributed by atoms with Gasteiger partial charge < -0.3 is 15.3 Å². The predicted molar refractivity (Wildman–Crippen MR) is 119 cm³/mol. The van der Waals surface area contributed by atoms with Crippen LogP contribution in [-0.2, 0) is 11.3 Å². The van der Waals surface area contributed by atoms with Crippen molar-refractivity contribution in [1.82, 2.24) is 19.8 Å². The van der Waals surface area contributed by atoms with E-state index in [1.807, 2.05) is 32.6 Å². The number of hydrogen-bond donors (Lipinski definition) is 3. The van der Waals surface area contributed by atoms with Crippen molar-refractivity contribution in [2.45, 2.75) is 78.0 Å². The Balaban J connectivity index is 1.77. The second-order valence-electron chi connectivity index (χ2n) is 9.50. The van der Waals surface area contributed by atoms with Gasteiger partial charge in [0.25, 0.3) is 5.91 Å². The molecule has 9 heteroatoms. The number of aromatic nitrogens is 3. The van der Waals surface area contributed by atoms with Crippen LogP contribution in [0.3, 0.4) is 0 Å². The molecule has 9 nitrogen and oxygen atoms in total. The largest absolute Gasteiger partial charge is 0.477 e. The van der Waals surface area contributed by atoms with Gasteiger partial charge in [0, 0.05) is 24.2 Å². The number of rotatable bonds is 6. The molecule has 4 rings (SSSR count). The fourth-order valence-corrected chi connectivity index (χ4v) is 4.48. The van der Waals surface area contributed by atoms with Crippen LogP contribution in [0.4, 0.5) is 0 Å². The van der Waals surface area contributed by atoms with Crippen molar-refractivity contribution in [1.29, 1.82) is 0 Å². The third-order valence-corrected chi connectivity index (χ3v) is 6.27. The highest BCUT2D eigenvalue weighted by atomic mass is 16.3. The van der Waals surface area contributed by atoms with E-state index in [1.54, 1.807) is 16.8 Å². The number of likely N-dealkylation sites (tertiary alicyclic amines) is 1. The fraction of sp³-hybridized carbons (Fsp3) is 0.565. The van der Waals surface area contributed by atoms with Crippen LogP contribution in [0, 0.1) is 5.92 Å². The van der Waals surface area contributed by atoms with Gasteiger partial charge in [-0.2, -0.15) is 4.57 Å². The van der Waals surface area contributed by atoms with Gasteiger partial charge in [-0.15, -0.1) is 0 Å². The first kappa shape index (κ1) is 22.1. The lowest BCUT2D eigenvalue weighted by molar-refractivity contribution is -0.686. The number of aromatic amines is 1. The minimum Gasteiger partial charge on any atom is -0.477 e. The summed E-state index contributed by atoms with van der Waals surface area (Å²) in [4.78, 5) is 40.4. The molecule has 32 heavy (non-hydrogen) atoms. The SMILES string of the molecule is CC(C)C[n+]1c(O)c(C(=O)NC2CC2)c(=O)n2[nH]cc(/C=C/C(=O)N3[C@H](C)CC[C@@H]3C)c21. The van der Waals surface area contributed by atoms with E-state index in [0.717, 1.165) is 25.7 Å². The quantitative estimate of drug-likeness (QED) is 0.466. The molecule has 2 atom stereocenters. The molecule has 2 amide bonds. The lowest BCUT2D eigenvalue weighted by atomic mass is 10.2. The number of carbonyl (C=O) groups is 2.